The summed E-state index contributed by atoms with van der Waals surface area (Å²) in [5.74, 6) is -0.783. The molecule has 0 bridgehead atoms. The van der Waals surface area contributed by atoms with Crippen LogP contribution < -0.4 is 0 Å². The largest absolute Gasteiger partial charge is 0.478 e. The minimum Gasteiger partial charge on any atom is -0.478 e. The van der Waals surface area contributed by atoms with E-state index in [-0.39, 0.29) is 16.9 Å². The van der Waals surface area contributed by atoms with Crippen LogP contribution in [0.5, 0.6) is 0 Å². The minimum absolute atomic E-state index is 0.0275. The van der Waals surface area contributed by atoms with E-state index in [4.69, 9.17) is 5.11 Å². The van der Waals surface area contributed by atoms with Gasteiger partial charge in [-0.2, -0.15) is 0 Å². The van der Waals surface area contributed by atoms with E-state index in [2.05, 4.69) is 0 Å². The van der Waals surface area contributed by atoms with Gasteiger partial charge in [0.25, 0.3) is 0 Å². The van der Waals surface area contributed by atoms with Gasteiger partial charge < -0.3 is 10.0 Å². The maximum absolute atomic E-state index is 12.3. The fraction of sp³-hybridized carbons (Fsp3) is 0.500. The van der Waals surface area contributed by atoms with Crippen LogP contribution in [0.1, 0.15) is 48.7 Å². The van der Waals surface area contributed by atoms with Crippen molar-refractivity contribution in [3.05, 3.63) is 34.9 Å². The zero-order chi connectivity index (χ0) is 14.9. The lowest BCUT2D eigenvalue weighted by atomic mass is 9.90. The van der Waals surface area contributed by atoms with Gasteiger partial charge in [0.1, 0.15) is 0 Å². The molecule has 2 rings (SSSR count). The monoisotopic (exact) mass is 275 g/mol. The summed E-state index contributed by atoms with van der Waals surface area (Å²) in [6, 6.07) is 5.19. The van der Waals surface area contributed by atoms with Crippen molar-refractivity contribution in [1.82, 2.24) is 4.90 Å². The van der Waals surface area contributed by atoms with Crippen molar-refractivity contribution in [2.24, 2.45) is 5.41 Å². The molecule has 0 atom stereocenters. The third kappa shape index (κ3) is 3.38. The highest BCUT2D eigenvalue weighted by Crippen LogP contribution is 2.24. The number of nitrogens with zero attached hydrogens (tertiary/aromatic N) is 1. The van der Waals surface area contributed by atoms with Crippen LogP contribution in [0.15, 0.2) is 18.2 Å². The summed E-state index contributed by atoms with van der Waals surface area (Å²) < 4.78 is 0. The van der Waals surface area contributed by atoms with Gasteiger partial charge in [0.05, 0.1) is 5.56 Å². The van der Waals surface area contributed by atoms with Crippen LogP contribution in [0.3, 0.4) is 0 Å². The van der Waals surface area contributed by atoms with Crippen molar-refractivity contribution < 1.29 is 14.7 Å². The van der Waals surface area contributed by atoms with Gasteiger partial charge in [-0.05, 0) is 35.1 Å². The molecule has 1 N–H and O–H groups in total. The van der Waals surface area contributed by atoms with Crippen LogP contribution in [-0.4, -0.2) is 28.4 Å². The predicted octanol–water partition coefficient (Wildman–Crippen LogP) is 2.71. The smallest absolute Gasteiger partial charge is 0.335 e. The number of carbonyl (C=O) groups excluding carboxylic acids is 1. The number of hydrogen-bond acceptors (Lipinski definition) is 2. The Morgan fingerprint density at radius 3 is 2.55 bits per heavy atom. The summed E-state index contributed by atoms with van der Waals surface area (Å²) in [6.07, 6.45) is 1.31. The molecule has 0 fully saturated rings. The first-order valence-electron chi connectivity index (χ1n) is 6.89. The van der Waals surface area contributed by atoms with Crippen LogP contribution >= 0.6 is 0 Å². The second kappa shape index (κ2) is 5.27. The number of carbonyl (C=O) groups is 2. The average Bonchev–Trinajstić information content (AvgIpc) is 2.35. The molecule has 0 saturated carbocycles. The first-order chi connectivity index (χ1) is 9.26. The normalized spacial score (nSPS) is 14.8. The van der Waals surface area contributed by atoms with Crippen molar-refractivity contribution >= 4 is 11.9 Å². The van der Waals surface area contributed by atoms with Gasteiger partial charge in [-0.1, -0.05) is 26.8 Å². The second-order valence-corrected chi connectivity index (χ2v) is 6.59. The molecule has 1 aliphatic heterocycles. The first-order valence-corrected chi connectivity index (χ1v) is 6.89. The molecule has 0 saturated heterocycles. The summed E-state index contributed by atoms with van der Waals surface area (Å²) in [5, 5.41) is 9.03. The van der Waals surface area contributed by atoms with Gasteiger partial charge in [-0.25, -0.2) is 4.79 Å². The molecule has 0 aromatic heterocycles. The molecule has 1 aromatic rings. The van der Waals surface area contributed by atoms with Crippen LogP contribution in [-0.2, 0) is 17.8 Å². The number of aromatic carboxylic acids is 1. The lowest BCUT2D eigenvalue weighted by Gasteiger charge is -2.31. The van der Waals surface area contributed by atoms with Crippen LogP contribution in [0.4, 0.5) is 0 Å². The Morgan fingerprint density at radius 2 is 1.95 bits per heavy atom. The zero-order valence-corrected chi connectivity index (χ0v) is 12.3. The van der Waals surface area contributed by atoms with Gasteiger partial charge in [-0.3, -0.25) is 4.79 Å². The molecule has 1 heterocycles. The van der Waals surface area contributed by atoms with E-state index >= 15 is 0 Å². The summed E-state index contributed by atoms with van der Waals surface area (Å²) in [4.78, 5) is 25.1. The van der Waals surface area contributed by atoms with E-state index in [1.54, 1.807) is 12.1 Å². The second-order valence-electron chi connectivity index (χ2n) is 6.59. The first kappa shape index (κ1) is 14.6. The van der Waals surface area contributed by atoms with E-state index in [0.29, 0.717) is 19.5 Å². The number of benzene rings is 1. The number of rotatable bonds is 2. The molecule has 1 aliphatic rings. The predicted molar refractivity (Wildman–Crippen MR) is 76.6 cm³/mol. The molecule has 0 aliphatic carbocycles. The molecule has 0 spiro atoms. The fourth-order valence-electron chi connectivity index (χ4n) is 2.47. The average molecular weight is 275 g/mol. The fourth-order valence-corrected chi connectivity index (χ4v) is 2.47. The van der Waals surface area contributed by atoms with Crippen LogP contribution in [0, 0.1) is 5.41 Å². The number of amides is 1. The summed E-state index contributed by atoms with van der Waals surface area (Å²) in [6.45, 7) is 7.38. The number of carboxylic acids is 1. The van der Waals surface area contributed by atoms with Crippen molar-refractivity contribution in [1.29, 1.82) is 0 Å². The highest BCUT2D eigenvalue weighted by molar-refractivity contribution is 5.88. The van der Waals surface area contributed by atoms with Gasteiger partial charge in [0, 0.05) is 19.5 Å². The molecular formula is C16H21NO3. The van der Waals surface area contributed by atoms with Crippen LogP contribution in [0.2, 0.25) is 0 Å². The van der Waals surface area contributed by atoms with Crippen LogP contribution in [0.25, 0.3) is 0 Å². The molecule has 0 radical (unpaired) electrons. The third-order valence-electron chi connectivity index (χ3n) is 3.50. The quantitative estimate of drug-likeness (QED) is 0.902. The third-order valence-corrected chi connectivity index (χ3v) is 3.50. The van der Waals surface area contributed by atoms with E-state index in [1.807, 2.05) is 31.7 Å². The lowest BCUT2D eigenvalue weighted by molar-refractivity contribution is -0.134. The van der Waals surface area contributed by atoms with Gasteiger partial charge >= 0.3 is 5.97 Å². The lowest BCUT2D eigenvalue weighted by Crippen LogP contribution is -2.37. The molecule has 0 unspecified atom stereocenters. The zero-order valence-electron chi connectivity index (χ0n) is 12.3. The van der Waals surface area contributed by atoms with Crippen molar-refractivity contribution in [3.63, 3.8) is 0 Å². The van der Waals surface area contributed by atoms with E-state index in [9.17, 15) is 9.59 Å². The maximum atomic E-state index is 12.3. The van der Waals surface area contributed by atoms with Gasteiger partial charge in [0.15, 0.2) is 0 Å². The minimum atomic E-state index is -0.925. The topological polar surface area (TPSA) is 57.6 Å². The molecule has 20 heavy (non-hydrogen) atoms. The molecule has 1 aromatic carbocycles. The van der Waals surface area contributed by atoms with Gasteiger partial charge in [0.2, 0.25) is 5.91 Å². The number of fused-ring (bicyclic) bond motifs is 1. The standard InChI is InChI=1S/C16H21NO3/c1-16(2,3)9-14(18)17-7-6-11-4-5-12(15(19)20)8-13(11)10-17/h4-5,8H,6-7,9-10H2,1-3H3,(H,19,20). The number of hydrogen-bond donors (Lipinski definition) is 1. The Kier molecular flexibility index (Phi) is 3.84. The molecular weight excluding hydrogens is 254 g/mol. The van der Waals surface area contributed by atoms with Crippen molar-refractivity contribution in [2.45, 2.75) is 40.2 Å². The van der Waals surface area contributed by atoms with Crippen molar-refractivity contribution in [2.75, 3.05) is 6.54 Å². The SMILES string of the molecule is CC(C)(C)CC(=O)N1CCc2ccc(C(=O)O)cc2C1. The Labute approximate surface area is 119 Å². The molecule has 108 valence electrons. The summed E-state index contributed by atoms with van der Waals surface area (Å²) in [7, 11) is 0. The summed E-state index contributed by atoms with van der Waals surface area (Å²) in [5.41, 5.74) is 2.36. The Bertz CT molecular complexity index is 543. The highest BCUT2D eigenvalue weighted by Gasteiger charge is 2.25. The Balaban J connectivity index is 2.15. The van der Waals surface area contributed by atoms with Gasteiger partial charge in [-0.15, -0.1) is 0 Å². The summed E-state index contributed by atoms with van der Waals surface area (Å²) >= 11 is 0. The highest BCUT2D eigenvalue weighted by atomic mass is 16.4. The Morgan fingerprint density at radius 1 is 1.25 bits per heavy atom. The molecule has 1 amide bonds. The van der Waals surface area contributed by atoms with E-state index < -0.39 is 5.97 Å². The van der Waals surface area contributed by atoms with E-state index in [1.165, 1.54) is 0 Å². The Hall–Kier alpha value is -1.84. The number of carboxylic acid groups (broad SMARTS) is 1. The maximum Gasteiger partial charge on any atom is 0.335 e. The molecule has 4 nitrogen and oxygen atoms in total. The van der Waals surface area contributed by atoms with Crippen molar-refractivity contribution in [3.8, 4) is 0 Å². The van der Waals surface area contributed by atoms with E-state index in [0.717, 1.165) is 17.5 Å². The molecule has 4 heteroatoms.